The van der Waals surface area contributed by atoms with Gasteiger partial charge in [-0.1, -0.05) is 20.8 Å². The van der Waals surface area contributed by atoms with Gasteiger partial charge in [-0.25, -0.2) is 0 Å². The van der Waals surface area contributed by atoms with Gasteiger partial charge in [-0.3, -0.25) is 4.79 Å². The second-order valence-corrected chi connectivity index (χ2v) is 4.89. The maximum Gasteiger partial charge on any atom is 0.227 e. The van der Waals surface area contributed by atoms with E-state index < -0.39 is 0 Å². The molecule has 90 valence electrons. The molecule has 1 N–H and O–H groups in total. The highest BCUT2D eigenvalue weighted by Gasteiger charge is 2.11. The summed E-state index contributed by atoms with van der Waals surface area (Å²) >= 11 is 0. The minimum absolute atomic E-state index is 0.172. The maximum atomic E-state index is 11.5. The zero-order valence-corrected chi connectivity index (χ0v) is 9.95. The fraction of sp³-hybridized carbons (Fsp3) is 0.583. The van der Waals surface area contributed by atoms with Crippen LogP contribution < -0.4 is 10.2 Å². The first-order valence-electron chi connectivity index (χ1n) is 5.28. The van der Waals surface area contributed by atoms with Crippen LogP contribution in [0.3, 0.4) is 0 Å². The largest absolute Gasteiger partial charge is 0.487 e. The number of aliphatic hydroxyl groups excluding tert-OH is 1. The summed E-state index contributed by atoms with van der Waals surface area (Å²) in [7, 11) is 0. The van der Waals surface area contributed by atoms with Crippen molar-refractivity contribution in [2.24, 2.45) is 5.41 Å². The van der Waals surface area contributed by atoms with Crippen LogP contribution in [0.4, 0.5) is 0 Å². The first-order valence-corrected chi connectivity index (χ1v) is 5.28. The third-order valence-electron chi connectivity index (χ3n) is 2.12. The Morgan fingerprint density at radius 1 is 1.44 bits per heavy atom. The Kier molecular flexibility index (Phi) is 4.12. The lowest BCUT2D eigenvalue weighted by Crippen LogP contribution is -2.14. The topological polar surface area (TPSA) is 59.7 Å². The highest BCUT2D eigenvalue weighted by molar-refractivity contribution is 5.17. The van der Waals surface area contributed by atoms with Gasteiger partial charge in [-0.15, -0.1) is 0 Å². The summed E-state index contributed by atoms with van der Waals surface area (Å²) in [6.07, 6.45) is 2.10. The molecule has 0 aliphatic rings. The molecule has 0 bridgehead atoms. The molecule has 0 radical (unpaired) electrons. The molecule has 4 nitrogen and oxygen atoms in total. The van der Waals surface area contributed by atoms with Gasteiger partial charge in [0.2, 0.25) is 11.2 Å². The molecule has 1 rings (SSSR count). The predicted molar refractivity (Wildman–Crippen MR) is 60.5 cm³/mol. The van der Waals surface area contributed by atoms with Crippen molar-refractivity contribution < 1.29 is 14.3 Å². The molecule has 1 aromatic rings. The standard InChI is InChI=1S/C12H18O4/c1-12(2,3)4-5-15-11-8-16-9(7-13)6-10(11)14/h6,8,13H,4-5,7H2,1-3H3. The van der Waals surface area contributed by atoms with Crippen LogP contribution in [0.2, 0.25) is 0 Å². The van der Waals surface area contributed by atoms with Crippen molar-refractivity contribution in [2.45, 2.75) is 33.8 Å². The first-order chi connectivity index (χ1) is 7.42. The molecule has 0 aliphatic heterocycles. The van der Waals surface area contributed by atoms with E-state index >= 15 is 0 Å². The Balaban J connectivity index is 2.58. The van der Waals surface area contributed by atoms with Gasteiger partial charge in [0, 0.05) is 6.07 Å². The summed E-state index contributed by atoms with van der Waals surface area (Å²) in [6.45, 7) is 6.51. The van der Waals surface area contributed by atoms with E-state index in [1.807, 2.05) is 0 Å². The molecule has 16 heavy (non-hydrogen) atoms. The lowest BCUT2D eigenvalue weighted by Gasteiger charge is -2.17. The molecular formula is C12H18O4. The van der Waals surface area contributed by atoms with Gasteiger partial charge in [0.25, 0.3) is 0 Å². The molecule has 0 amide bonds. The van der Waals surface area contributed by atoms with Gasteiger partial charge >= 0.3 is 0 Å². The fourth-order valence-electron chi connectivity index (χ4n) is 1.09. The van der Waals surface area contributed by atoms with Crippen molar-refractivity contribution in [2.75, 3.05) is 6.61 Å². The van der Waals surface area contributed by atoms with E-state index in [4.69, 9.17) is 14.3 Å². The third-order valence-corrected chi connectivity index (χ3v) is 2.12. The minimum Gasteiger partial charge on any atom is -0.487 e. The molecule has 1 heterocycles. The van der Waals surface area contributed by atoms with Crippen LogP contribution in [-0.4, -0.2) is 11.7 Å². The molecule has 4 heteroatoms. The van der Waals surface area contributed by atoms with Crippen LogP contribution in [0.25, 0.3) is 0 Å². The Labute approximate surface area is 94.9 Å². The number of hydrogen-bond acceptors (Lipinski definition) is 4. The number of hydrogen-bond donors (Lipinski definition) is 1. The predicted octanol–water partition coefficient (Wildman–Crippen LogP) is 1.95. The Bertz CT molecular complexity index is 387. The summed E-state index contributed by atoms with van der Waals surface area (Å²) < 4.78 is 10.3. The molecule has 1 aromatic heterocycles. The third kappa shape index (κ3) is 4.06. The zero-order chi connectivity index (χ0) is 12.2. The van der Waals surface area contributed by atoms with Gasteiger partial charge in [0.15, 0.2) is 0 Å². The van der Waals surface area contributed by atoms with E-state index in [-0.39, 0.29) is 29.0 Å². The van der Waals surface area contributed by atoms with Crippen LogP contribution in [0.1, 0.15) is 33.0 Å². The molecule has 0 spiro atoms. The van der Waals surface area contributed by atoms with Crippen molar-refractivity contribution >= 4 is 0 Å². The summed E-state index contributed by atoms with van der Waals surface area (Å²) in [5, 5.41) is 8.76. The highest BCUT2D eigenvalue weighted by Crippen LogP contribution is 2.18. The number of ether oxygens (including phenoxy) is 1. The minimum atomic E-state index is -0.280. The van der Waals surface area contributed by atoms with Gasteiger partial charge in [-0.2, -0.15) is 0 Å². The van der Waals surface area contributed by atoms with Gasteiger partial charge in [-0.05, 0) is 11.8 Å². The Morgan fingerprint density at radius 2 is 2.12 bits per heavy atom. The van der Waals surface area contributed by atoms with Gasteiger partial charge in [0.1, 0.15) is 18.6 Å². The van der Waals surface area contributed by atoms with E-state index in [1.165, 1.54) is 12.3 Å². The van der Waals surface area contributed by atoms with Crippen LogP contribution in [0, 0.1) is 5.41 Å². The van der Waals surface area contributed by atoms with Crippen LogP contribution in [0.15, 0.2) is 21.5 Å². The van der Waals surface area contributed by atoms with Crippen LogP contribution in [-0.2, 0) is 6.61 Å². The molecule has 0 unspecified atom stereocenters. The lowest BCUT2D eigenvalue weighted by molar-refractivity contribution is 0.223. The lowest BCUT2D eigenvalue weighted by atomic mass is 9.93. The molecule has 0 fully saturated rings. The van der Waals surface area contributed by atoms with E-state index in [1.54, 1.807) is 0 Å². The Hall–Kier alpha value is -1.29. The smallest absolute Gasteiger partial charge is 0.227 e. The average molecular weight is 226 g/mol. The average Bonchev–Trinajstić information content (AvgIpc) is 2.18. The normalized spacial score (nSPS) is 11.5. The van der Waals surface area contributed by atoms with Crippen LogP contribution >= 0.6 is 0 Å². The molecule has 0 saturated carbocycles. The van der Waals surface area contributed by atoms with Crippen molar-refractivity contribution in [3.05, 3.63) is 28.3 Å². The number of rotatable bonds is 4. The Morgan fingerprint density at radius 3 is 2.62 bits per heavy atom. The van der Waals surface area contributed by atoms with Crippen molar-refractivity contribution in [3.8, 4) is 5.75 Å². The first kappa shape index (κ1) is 12.8. The fourth-order valence-corrected chi connectivity index (χ4v) is 1.09. The monoisotopic (exact) mass is 226 g/mol. The van der Waals surface area contributed by atoms with Gasteiger partial charge < -0.3 is 14.3 Å². The molecule has 0 aromatic carbocycles. The second-order valence-electron chi connectivity index (χ2n) is 4.89. The number of aliphatic hydroxyl groups is 1. The molecule has 0 aliphatic carbocycles. The van der Waals surface area contributed by atoms with Crippen molar-refractivity contribution in [1.82, 2.24) is 0 Å². The van der Waals surface area contributed by atoms with E-state index in [2.05, 4.69) is 20.8 Å². The molecule has 0 atom stereocenters. The summed E-state index contributed by atoms with van der Waals surface area (Å²) in [4.78, 5) is 11.5. The quantitative estimate of drug-likeness (QED) is 0.852. The highest BCUT2D eigenvalue weighted by atomic mass is 16.5. The van der Waals surface area contributed by atoms with E-state index in [9.17, 15) is 4.79 Å². The summed E-state index contributed by atoms with van der Waals surface area (Å²) in [6, 6.07) is 1.24. The summed E-state index contributed by atoms with van der Waals surface area (Å²) in [5.74, 6) is 0.439. The molecular weight excluding hydrogens is 208 g/mol. The van der Waals surface area contributed by atoms with Crippen molar-refractivity contribution in [1.29, 1.82) is 0 Å². The second kappa shape index (κ2) is 5.16. The zero-order valence-electron chi connectivity index (χ0n) is 9.95. The van der Waals surface area contributed by atoms with Crippen LogP contribution in [0.5, 0.6) is 5.75 Å². The summed E-state index contributed by atoms with van der Waals surface area (Å²) in [5.41, 5.74) is -0.0881. The molecule has 0 saturated heterocycles. The maximum absolute atomic E-state index is 11.5. The van der Waals surface area contributed by atoms with Crippen molar-refractivity contribution in [3.63, 3.8) is 0 Å². The van der Waals surface area contributed by atoms with Gasteiger partial charge in [0.05, 0.1) is 6.61 Å². The SMILES string of the molecule is CC(C)(C)CCOc1coc(CO)cc1=O. The van der Waals surface area contributed by atoms with E-state index in [0.29, 0.717) is 6.61 Å². The van der Waals surface area contributed by atoms with E-state index in [0.717, 1.165) is 6.42 Å².